The monoisotopic (exact) mass is 454 g/mol. The maximum absolute atomic E-state index is 13.3. The van der Waals surface area contributed by atoms with Crippen molar-refractivity contribution in [2.24, 2.45) is 16.8 Å². The van der Waals surface area contributed by atoms with Crippen molar-refractivity contribution in [3.05, 3.63) is 48.4 Å². The van der Waals surface area contributed by atoms with E-state index >= 15 is 0 Å². The van der Waals surface area contributed by atoms with Gasteiger partial charge in [0.2, 0.25) is 5.91 Å². The Balaban J connectivity index is 1.12. The second kappa shape index (κ2) is 7.22. The molecule has 1 saturated heterocycles. The molecular weight excluding hydrogens is 428 g/mol. The molecule has 1 atom stereocenters. The van der Waals surface area contributed by atoms with E-state index in [0.717, 1.165) is 72.9 Å². The van der Waals surface area contributed by atoms with Gasteiger partial charge in [0.05, 0.1) is 11.7 Å². The fraction of sp³-hybridized carbons (Fsp3) is 0.423. The average molecular weight is 455 g/mol. The number of benzene rings is 1. The van der Waals surface area contributed by atoms with Crippen LogP contribution in [0.1, 0.15) is 37.8 Å². The van der Waals surface area contributed by atoms with Crippen LogP contribution in [0, 0.1) is 11.8 Å². The van der Waals surface area contributed by atoms with Gasteiger partial charge in [0, 0.05) is 42.7 Å². The van der Waals surface area contributed by atoms with Crippen molar-refractivity contribution in [3.8, 4) is 11.1 Å². The van der Waals surface area contributed by atoms with Gasteiger partial charge in [-0.15, -0.1) is 0 Å². The topological polar surface area (TPSA) is 94.6 Å². The molecule has 0 radical (unpaired) electrons. The van der Waals surface area contributed by atoms with E-state index in [1.54, 1.807) is 0 Å². The molecule has 3 aromatic rings. The molecule has 4 aliphatic rings. The van der Waals surface area contributed by atoms with E-state index in [9.17, 15) is 9.59 Å². The maximum Gasteiger partial charge on any atom is 0.256 e. The van der Waals surface area contributed by atoms with Gasteiger partial charge in [-0.3, -0.25) is 24.6 Å². The predicted molar refractivity (Wildman–Crippen MR) is 127 cm³/mol. The normalized spacial score (nSPS) is 23.2. The van der Waals surface area contributed by atoms with Gasteiger partial charge in [0.25, 0.3) is 5.91 Å². The lowest BCUT2D eigenvalue weighted by molar-refractivity contribution is -0.131. The summed E-state index contributed by atoms with van der Waals surface area (Å²) in [4.78, 5) is 39.2. The zero-order valence-corrected chi connectivity index (χ0v) is 18.9. The highest BCUT2D eigenvalue weighted by atomic mass is 16.2. The summed E-state index contributed by atoms with van der Waals surface area (Å²) in [5, 5.41) is 8.12. The number of nitrogens with one attached hydrogen (secondary N) is 1. The van der Waals surface area contributed by atoms with Crippen LogP contribution in [0.5, 0.6) is 0 Å². The minimum absolute atomic E-state index is 0.103. The van der Waals surface area contributed by atoms with Crippen LogP contribution in [-0.2, 0) is 9.59 Å². The van der Waals surface area contributed by atoms with E-state index in [1.807, 2.05) is 46.5 Å². The van der Waals surface area contributed by atoms with Crippen LogP contribution in [0.2, 0.25) is 0 Å². The number of amides is 2. The highest BCUT2D eigenvalue weighted by molar-refractivity contribution is 6.15. The Morgan fingerprint density at radius 2 is 1.94 bits per heavy atom. The number of hydrogen-bond donors (Lipinski definition) is 1. The minimum atomic E-state index is -0.565. The molecule has 1 N–H and O–H groups in total. The fourth-order valence-corrected chi connectivity index (χ4v) is 5.31. The van der Waals surface area contributed by atoms with E-state index < -0.39 is 5.54 Å². The fourth-order valence-electron chi connectivity index (χ4n) is 5.31. The smallest absolute Gasteiger partial charge is 0.256 e. The van der Waals surface area contributed by atoms with Crippen LogP contribution in [0.3, 0.4) is 0 Å². The molecule has 1 unspecified atom stereocenters. The lowest BCUT2D eigenvalue weighted by atomic mass is 10.1. The Kier molecular flexibility index (Phi) is 4.22. The maximum atomic E-state index is 13.3. The molecule has 2 aliphatic carbocycles. The number of rotatable bonds is 5. The lowest BCUT2D eigenvalue weighted by Crippen LogP contribution is -2.41. The lowest BCUT2D eigenvalue weighted by Gasteiger charge is -2.23. The molecule has 1 aromatic carbocycles. The van der Waals surface area contributed by atoms with Crippen molar-refractivity contribution < 1.29 is 9.59 Å². The molecule has 3 fully saturated rings. The highest BCUT2D eigenvalue weighted by Crippen LogP contribution is 2.46. The highest BCUT2D eigenvalue weighted by Gasteiger charge is 2.57. The zero-order chi connectivity index (χ0) is 22.9. The number of aromatic nitrogens is 3. The quantitative estimate of drug-likeness (QED) is 0.641. The second-order valence-electron chi connectivity index (χ2n) is 10.2. The third-order valence-electron chi connectivity index (χ3n) is 7.67. The van der Waals surface area contributed by atoms with Crippen LogP contribution in [0.4, 0.5) is 0 Å². The first-order valence-corrected chi connectivity index (χ1v) is 12.2. The number of hydrogen-bond acceptors (Lipinski definition) is 5. The molecule has 2 aliphatic heterocycles. The minimum Gasteiger partial charge on any atom is -0.342 e. The van der Waals surface area contributed by atoms with E-state index in [-0.39, 0.29) is 17.7 Å². The number of carbonyl (C=O) groups is 2. The Morgan fingerprint density at radius 1 is 1.09 bits per heavy atom. The molecule has 4 heterocycles. The number of carbonyl (C=O) groups excluding carboxylic acids is 2. The zero-order valence-electron chi connectivity index (χ0n) is 18.9. The number of fused-ring (bicyclic) bond motifs is 1. The summed E-state index contributed by atoms with van der Waals surface area (Å²) >= 11 is 0. The second-order valence-corrected chi connectivity index (χ2v) is 10.2. The molecule has 172 valence electrons. The largest absolute Gasteiger partial charge is 0.342 e. The summed E-state index contributed by atoms with van der Waals surface area (Å²) in [5.41, 5.74) is 3.24. The number of pyridine rings is 1. The van der Waals surface area contributed by atoms with E-state index in [2.05, 4.69) is 16.3 Å². The Morgan fingerprint density at radius 3 is 2.71 bits per heavy atom. The summed E-state index contributed by atoms with van der Waals surface area (Å²) in [6.07, 6.45) is 8.28. The summed E-state index contributed by atoms with van der Waals surface area (Å²) < 4.78 is 0. The van der Waals surface area contributed by atoms with E-state index in [4.69, 9.17) is 9.98 Å². The number of aromatic amines is 1. The number of aliphatic imine (C=N–C) groups is 1. The van der Waals surface area contributed by atoms with Gasteiger partial charge in [-0.1, -0.05) is 12.1 Å². The van der Waals surface area contributed by atoms with Crippen LogP contribution < -0.4 is 0 Å². The van der Waals surface area contributed by atoms with Gasteiger partial charge in [0.15, 0.2) is 5.84 Å². The van der Waals surface area contributed by atoms with Crippen molar-refractivity contribution in [1.82, 2.24) is 25.0 Å². The predicted octanol–water partition coefficient (Wildman–Crippen LogP) is 3.00. The molecule has 2 aromatic heterocycles. The number of likely N-dealkylation sites (tertiary alicyclic amines) is 1. The van der Waals surface area contributed by atoms with Crippen LogP contribution in [-0.4, -0.2) is 67.8 Å². The van der Waals surface area contributed by atoms with E-state index in [1.165, 1.54) is 0 Å². The average Bonchev–Trinajstić information content (AvgIpc) is 3.74. The Bertz CT molecular complexity index is 1330. The van der Waals surface area contributed by atoms with Gasteiger partial charge in [-0.05, 0) is 61.8 Å². The van der Waals surface area contributed by atoms with Crippen molar-refractivity contribution in [2.45, 2.75) is 37.6 Å². The van der Waals surface area contributed by atoms with Crippen LogP contribution >= 0.6 is 0 Å². The summed E-state index contributed by atoms with van der Waals surface area (Å²) in [6.45, 7) is 2.14. The van der Waals surface area contributed by atoms with Crippen molar-refractivity contribution >= 4 is 28.6 Å². The summed E-state index contributed by atoms with van der Waals surface area (Å²) in [6, 6.07) is 10.2. The molecular formula is C26H26N6O2. The first-order chi connectivity index (χ1) is 16.6. The molecule has 8 nitrogen and oxygen atoms in total. The molecule has 7 rings (SSSR count). The van der Waals surface area contributed by atoms with Crippen molar-refractivity contribution in [2.75, 3.05) is 19.6 Å². The van der Waals surface area contributed by atoms with Gasteiger partial charge in [-0.25, -0.2) is 4.99 Å². The standard InChI is InChI=1S/C26H26N6O2/c33-24(17-1-2-17)31-10-7-16(14-31)15-32-23(29-26(8-9-26)25(32)34)22-6-4-19(12-27-22)18-3-5-21-20(11-18)13-28-30-21/h3-6,11-13,16-17H,1-2,7-10,14-15H2,(H,28,30). The molecule has 1 spiro atoms. The van der Waals surface area contributed by atoms with E-state index in [0.29, 0.717) is 18.3 Å². The summed E-state index contributed by atoms with van der Waals surface area (Å²) in [7, 11) is 0. The van der Waals surface area contributed by atoms with Crippen molar-refractivity contribution in [1.29, 1.82) is 0 Å². The van der Waals surface area contributed by atoms with Crippen LogP contribution in [0.15, 0.2) is 47.7 Å². The Hall–Kier alpha value is -3.55. The van der Waals surface area contributed by atoms with Crippen LogP contribution in [0.25, 0.3) is 22.0 Å². The first-order valence-electron chi connectivity index (χ1n) is 12.2. The van der Waals surface area contributed by atoms with Gasteiger partial charge >= 0.3 is 0 Å². The third-order valence-corrected chi connectivity index (χ3v) is 7.67. The van der Waals surface area contributed by atoms with Gasteiger partial charge in [0.1, 0.15) is 11.2 Å². The van der Waals surface area contributed by atoms with Crippen molar-refractivity contribution in [3.63, 3.8) is 0 Å². The van der Waals surface area contributed by atoms with Gasteiger partial charge in [-0.2, -0.15) is 5.10 Å². The SMILES string of the molecule is O=C(C1CC1)N1CCC(CN2C(=O)C3(CC3)N=C2c2ccc(-c3ccc4[nH]ncc4c3)cn2)C1. The number of H-pyrrole nitrogens is 1. The molecule has 2 amide bonds. The molecule has 0 bridgehead atoms. The molecule has 8 heteroatoms. The molecule has 34 heavy (non-hydrogen) atoms. The first kappa shape index (κ1) is 19.9. The number of nitrogens with zero attached hydrogens (tertiary/aromatic N) is 5. The van der Waals surface area contributed by atoms with Gasteiger partial charge < -0.3 is 4.90 Å². The Labute approximate surface area is 197 Å². The summed E-state index contributed by atoms with van der Waals surface area (Å²) in [5.74, 6) is 1.62. The molecule has 2 saturated carbocycles. The number of amidine groups is 1. The third kappa shape index (κ3) is 3.23.